The lowest BCUT2D eigenvalue weighted by atomic mass is 10.1. The zero-order chi connectivity index (χ0) is 15.6. The first-order chi connectivity index (χ1) is 9.88. The second-order valence-corrected chi connectivity index (χ2v) is 5.57. The van der Waals surface area contributed by atoms with Gasteiger partial charge in [-0.1, -0.05) is 17.7 Å². The van der Waals surface area contributed by atoms with Crippen LogP contribution in [-0.2, 0) is 0 Å². The summed E-state index contributed by atoms with van der Waals surface area (Å²) in [6, 6.07) is 9.97. The summed E-state index contributed by atoms with van der Waals surface area (Å²) >= 11 is 3.31. The van der Waals surface area contributed by atoms with Crippen LogP contribution in [0.5, 0.6) is 0 Å². The van der Waals surface area contributed by atoms with Crippen LogP contribution in [0.4, 0.5) is 11.4 Å². The number of rotatable bonds is 3. The maximum atomic E-state index is 12.3. The van der Waals surface area contributed by atoms with Crippen molar-refractivity contribution in [3.8, 4) is 0 Å². The highest BCUT2D eigenvalue weighted by atomic mass is 79.9. The molecule has 0 saturated carbocycles. The van der Waals surface area contributed by atoms with Crippen molar-refractivity contribution in [1.29, 1.82) is 0 Å². The predicted molar refractivity (Wildman–Crippen MR) is 84.7 cm³/mol. The van der Waals surface area contributed by atoms with E-state index >= 15 is 0 Å². The zero-order valence-electron chi connectivity index (χ0n) is 11.5. The van der Waals surface area contributed by atoms with Crippen molar-refractivity contribution in [2.75, 3.05) is 5.32 Å². The summed E-state index contributed by atoms with van der Waals surface area (Å²) in [6.07, 6.45) is 0. The molecule has 2 rings (SSSR count). The molecule has 0 saturated heterocycles. The van der Waals surface area contributed by atoms with Crippen molar-refractivity contribution in [3.05, 3.63) is 67.7 Å². The first-order valence-electron chi connectivity index (χ1n) is 6.21. The highest BCUT2D eigenvalue weighted by molar-refractivity contribution is 9.10. The molecule has 0 spiro atoms. The summed E-state index contributed by atoms with van der Waals surface area (Å²) in [4.78, 5) is 22.8. The Morgan fingerprint density at radius 1 is 1.14 bits per heavy atom. The molecule has 0 aliphatic rings. The Bertz CT molecular complexity index is 729. The van der Waals surface area contributed by atoms with Gasteiger partial charge in [0.15, 0.2) is 0 Å². The molecule has 1 amide bonds. The fourth-order valence-electron chi connectivity index (χ4n) is 1.91. The third-order valence-electron chi connectivity index (χ3n) is 2.96. The Morgan fingerprint density at radius 2 is 1.76 bits per heavy atom. The summed E-state index contributed by atoms with van der Waals surface area (Å²) < 4.78 is 0.640. The largest absolute Gasteiger partial charge is 0.316 e. The van der Waals surface area contributed by atoms with Crippen LogP contribution in [0.25, 0.3) is 0 Å². The minimum absolute atomic E-state index is 0.127. The van der Waals surface area contributed by atoms with Gasteiger partial charge in [0, 0.05) is 10.5 Å². The van der Waals surface area contributed by atoms with Gasteiger partial charge in [-0.15, -0.1) is 0 Å². The van der Waals surface area contributed by atoms with Crippen LogP contribution >= 0.6 is 15.9 Å². The van der Waals surface area contributed by atoms with Crippen LogP contribution in [0.3, 0.4) is 0 Å². The lowest BCUT2D eigenvalue weighted by Crippen LogP contribution is -2.14. The number of halogens is 1. The van der Waals surface area contributed by atoms with Crippen LogP contribution in [0.15, 0.2) is 40.9 Å². The van der Waals surface area contributed by atoms with E-state index in [4.69, 9.17) is 0 Å². The van der Waals surface area contributed by atoms with Crippen LogP contribution in [-0.4, -0.2) is 10.8 Å². The number of aryl methyl sites for hydroxylation is 2. The number of carbonyl (C=O) groups excluding carboxylic acids is 1. The number of amides is 1. The van der Waals surface area contributed by atoms with E-state index in [2.05, 4.69) is 21.2 Å². The monoisotopic (exact) mass is 348 g/mol. The number of nitro benzene ring substituents is 1. The number of hydrogen-bond donors (Lipinski definition) is 1. The standard InChI is InChI=1S/C15H13BrN2O3/c1-9-3-5-12(16)11(7-9)15(19)17-13-8-10(2)4-6-14(13)18(20)21/h3-8H,1-2H3,(H,17,19). The number of carbonyl (C=O) groups is 1. The molecule has 5 nitrogen and oxygen atoms in total. The molecule has 2 aromatic carbocycles. The third-order valence-corrected chi connectivity index (χ3v) is 3.65. The van der Waals surface area contributed by atoms with Crippen molar-refractivity contribution in [3.63, 3.8) is 0 Å². The molecule has 0 aliphatic heterocycles. The first-order valence-corrected chi connectivity index (χ1v) is 7.00. The van der Waals surface area contributed by atoms with Gasteiger partial charge in [0.2, 0.25) is 0 Å². The summed E-state index contributed by atoms with van der Waals surface area (Å²) in [5.74, 6) is -0.390. The fraction of sp³-hybridized carbons (Fsp3) is 0.133. The van der Waals surface area contributed by atoms with Crippen molar-refractivity contribution < 1.29 is 9.72 Å². The van der Waals surface area contributed by atoms with E-state index in [-0.39, 0.29) is 17.3 Å². The van der Waals surface area contributed by atoms with Gasteiger partial charge < -0.3 is 5.32 Å². The number of anilines is 1. The quantitative estimate of drug-likeness (QED) is 0.666. The van der Waals surface area contributed by atoms with Gasteiger partial charge in [-0.3, -0.25) is 14.9 Å². The molecule has 0 bridgehead atoms. The molecule has 1 N–H and O–H groups in total. The van der Waals surface area contributed by atoms with E-state index in [1.807, 2.05) is 19.9 Å². The highest BCUT2D eigenvalue weighted by Crippen LogP contribution is 2.27. The van der Waals surface area contributed by atoms with Crippen LogP contribution in [0.1, 0.15) is 21.5 Å². The molecule has 0 unspecified atom stereocenters. The van der Waals surface area contributed by atoms with E-state index in [1.54, 1.807) is 24.3 Å². The molecule has 21 heavy (non-hydrogen) atoms. The Morgan fingerprint density at radius 3 is 2.43 bits per heavy atom. The van der Waals surface area contributed by atoms with Crippen LogP contribution in [0.2, 0.25) is 0 Å². The summed E-state index contributed by atoms with van der Waals surface area (Å²) in [5, 5.41) is 13.6. The number of nitrogens with zero attached hydrogens (tertiary/aromatic N) is 1. The molecular formula is C15H13BrN2O3. The van der Waals surface area contributed by atoms with Gasteiger partial charge in [-0.25, -0.2) is 0 Å². The number of hydrogen-bond acceptors (Lipinski definition) is 3. The molecule has 108 valence electrons. The Hall–Kier alpha value is -2.21. The number of nitrogens with one attached hydrogen (secondary N) is 1. The maximum absolute atomic E-state index is 12.3. The molecule has 0 aromatic heterocycles. The second kappa shape index (κ2) is 6.05. The van der Waals surface area contributed by atoms with Crippen LogP contribution in [0, 0.1) is 24.0 Å². The summed E-state index contributed by atoms with van der Waals surface area (Å²) in [6.45, 7) is 3.68. The molecule has 0 heterocycles. The SMILES string of the molecule is Cc1ccc([N+](=O)[O-])c(NC(=O)c2cc(C)ccc2Br)c1. The molecular weight excluding hydrogens is 336 g/mol. The molecule has 0 radical (unpaired) electrons. The van der Waals surface area contributed by atoms with Crippen molar-refractivity contribution >= 4 is 33.2 Å². The van der Waals surface area contributed by atoms with Gasteiger partial charge in [0.05, 0.1) is 10.5 Å². The number of nitro groups is 1. The predicted octanol–water partition coefficient (Wildman–Crippen LogP) is 4.23. The Kier molecular flexibility index (Phi) is 4.37. The minimum atomic E-state index is -0.514. The Labute approximate surface area is 130 Å². The molecule has 0 fully saturated rings. The zero-order valence-corrected chi connectivity index (χ0v) is 13.1. The maximum Gasteiger partial charge on any atom is 0.292 e. The average molecular weight is 349 g/mol. The van der Waals surface area contributed by atoms with Crippen LogP contribution < -0.4 is 5.32 Å². The topological polar surface area (TPSA) is 72.2 Å². The van der Waals surface area contributed by atoms with Crippen molar-refractivity contribution in [2.45, 2.75) is 13.8 Å². The smallest absolute Gasteiger partial charge is 0.292 e. The van der Waals surface area contributed by atoms with Crippen molar-refractivity contribution in [2.24, 2.45) is 0 Å². The van der Waals surface area contributed by atoms with Gasteiger partial charge in [0.25, 0.3) is 11.6 Å². The number of benzene rings is 2. The van der Waals surface area contributed by atoms with Crippen molar-refractivity contribution in [1.82, 2.24) is 0 Å². The van der Waals surface area contributed by atoms with E-state index in [0.29, 0.717) is 10.0 Å². The van der Waals surface area contributed by atoms with E-state index < -0.39 is 4.92 Å². The average Bonchev–Trinajstić information content (AvgIpc) is 2.41. The lowest BCUT2D eigenvalue weighted by Gasteiger charge is -2.09. The molecule has 0 atom stereocenters. The normalized spacial score (nSPS) is 10.2. The molecule has 6 heteroatoms. The summed E-state index contributed by atoms with van der Waals surface area (Å²) in [5.41, 5.74) is 2.27. The van der Waals surface area contributed by atoms with E-state index in [1.165, 1.54) is 6.07 Å². The van der Waals surface area contributed by atoms with Gasteiger partial charge in [-0.2, -0.15) is 0 Å². The van der Waals surface area contributed by atoms with Gasteiger partial charge in [-0.05, 0) is 53.5 Å². The second-order valence-electron chi connectivity index (χ2n) is 4.72. The fourth-order valence-corrected chi connectivity index (χ4v) is 2.34. The van der Waals surface area contributed by atoms with Gasteiger partial charge in [0.1, 0.15) is 5.69 Å². The third kappa shape index (κ3) is 3.46. The Balaban J connectivity index is 2.38. The minimum Gasteiger partial charge on any atom is -0.316 e. The molecule has 2 aromatic rings. The highest BCUT2D eigenvalue weighted by Gasteiger charge is 2.18. The molecule has 0 aliphatic carbocycles. The van der Waals surface area contributed by atoms with E-state index in [0.717, 1.165) is 11.1 Å². The first kappa shape index (κ1) is 15.2. The van der Waals surface area contributed by atoms with Gasteiger partial charge >= 0.3 is 0 Å². The van der Waals surface area contributed by atoms with E-state index in [9.17, 15) is 14.9 Å². The summed E-state index contributed by atoms with van der Waals surface area (Å²) in [7, 11) is 0. The lowest BCUT2D eigenvalue weighted by molar-refractivity contribution is -0.383.